The van der Waals surface area contributed by atoms with Crippen molar-refractivity contribution in [1.82, 2.24) is 5.32 Å². The van der Waals surface area contributed by atoms with Crippen LogP contribution in [0.15, 0.2) is 27.8 Å². The average Bonchev–Trinajstić information content (AvgIpc) is 2.53. The molecule has 12 heavy (non-hydrogen) atoms. The fourth-order valence-electron chi connectivity index (χ4n) is 0.803. The lowest BCUT2D eigenvalue weighted by Gasteiger charge is -1.99. The number of nitrogens with two attached hydrogens (primary N) is 1. The molecule has 0 unspecified atom stereocenters. The Morgan fingerprint density at radius 3 is 3.17 bits per heavy atom. The van der Waals surface area contributed by atoms with Crippen molar-refractivity contribution in [3.63, 3.8) is 0 Å². The fourth-order valence-corrected chi connectivity index (χ4v) is 0.803. The smallest absolute Gasteiger partial charge is 0.189 e. The molecule has 3 N–H and O–H groups in total. The third-order valence-corrected chi connectivity index (χ3v) is 1.34. The van der Waals surface area contributed by atoms with Crippen LogP contribution in [0.2, 0.25) is 0 Å². The van der Waals surface area contributed by atoms with E-state index in [4.69, 9.17) is 10.2 Å². The van der Waals surface area contributed by atoms with Crippen molar-refractivity contribution < 1.29 is 4.42 Å². The molecule has 0 fully saturated rings. The number of hydrogen-bond donors (Lipinski definition) is 2. The van der Waals surface area contributed by atoms with Crippen LogP contribution in [-0.2, 0) is 6.54 Å². The molecule has 0 bridgehead atoms. The summed E-state index contributed by atoms with van der Waals surface area (Å²) in [6, 6.07) is 3.69. The first-order valence-corrected chi connectivity index (χ1v) is 3.89. The molecule has 4 nitrogen and oxygen atoms in total. The Balaban J connectivity index is 2.38. The second kappa shape index (κ2) is 4.43. The maximum absolute atomic E-state index is 5.50. The first kappa shape index (κ1) is 8.64. The van der Waals surface area contributed by atoms with Crippen LogP contribution in [0.4, 0.5) is 0 Å². The van der Waals surface area contributed by atoms with Crippen molar-refractivity contribution in [3.05, 3.63) is 24.2 Å². The summed E-state index contributed by atoms with van der Waals surface area (Å²) in [5.74, 6) is 1.27. The summed E-state index contributed by atoms with van der Waals surface area (Å²) in [7, 11) is 0. The minimum Gasteiger partial charge on any atom is -0.467 e. The fraction of sp³-hybridized carbons (Fsp3) is 0.375. The molecule has 0 amide bonds. The maximum atomic E-state index is 5.50. The molecule has 0 spiro atoms. The number of nitrogens with one attached hydrogen (secondary N) is 1. The summed E-state index contributed by atoms with van der Waals surface area (Å²) in [5.41, 5.74) is 5.50. The predicted octanol–water partition coefficient (Wildman–Crippen LogP) is 0.704. The van der Waals surface area contributed by atoms with Crippen molar-refractivity contribution in [2.45, 2.75) is 13.5 Å². The van der Waals surface area contributed by atoms with E-state index < -0.39 is 0 Å². The lowest BCUT2D eigenvalue weighted by atomic mass is 10.4. The summed E-state index contributed by atoms with van der Waals surface area (Å²) in [4.78, 5) is 4.05. The highest BCUT2D eigenvalue weighted by molar-refractivity contribution is 5.77. The Hall–Kier alpha value is -1.45. The highest BCUT2D eigenvalue weighted by Crippen LogP contribution is 2.00. The third-order valence-electron chi connectivity index (χ3n) is 1.34. The molecule has 0 atom stereocenters. The van der Waals surface area contributed by atoms with Crippen LogP contribution in [-0.4, -0.2) is 12.5 Å². The van der Waals surface area contributed by atoms with Gasteiger partial charge in [-0.15, -0.1) is 0 Å². The summed E-state index contributed by atoms with van der Waals surface area (Å²) < 4.78 is 5.07. The molecule has 0 aliphatic carbocycles. The standard InChI is InChI=1S/C8H13N3O/c1-2-10-8(9)11-6-7-4-3-5-12-7/h3-5H,2,6H2,1H3,(H3,9,10,11). The van der Waals surface area contributed by atoms with Gasteiger partial charge in [-0.1, -0.05) is 0 Å². The van der Waals surface area contributed by atoms with Gasteiger partial charge in [0, 0.05) is 6.54 Å². The molecule has 0 aliphatic heterocycles. The summed E-state index contributed by atoms with van der Waals surface area (Å²) in [5, 5.41) is 2.89. The maximum Gasteiger partial charge on any atom is 0.189 e. The number of nitrogens with zero attached hydrogens (tertiary/aromatic N) is 1. The summed E-state index contributed by atoms with van der Waals surface area (Å²) in [6.07, 6.45) is 1.62. The summed E-state index contributed by atoms with van der Waals surface area (Å²) in [6.45, 7) is 3.24. The van der Waals surface area contributed by atoms with E-state index in [1.54, 1.807) is 6.26 Å². The zero-order chi connectivity index (χ0) is 8.81. The second-order valence-electron chi connectivity index (χ2n) is 2.31. The predicted molar refractivity (Wildman–Crippen MR) is 47.7 cm³/mol. The van der Waals surface area contributed by atoms with E-state index in [1.807, 2.05) is 19.1 Å². The van der Waals surface area contributed by atoms with E-state index >= 15 is 0 Å². The normalized spacial score (nSPS) is 11.6. The number of aliphatic imine (C=N–C) groups is 1. The van der Waals surface area contributed by atoms with Crippen LogP contribution in [0.1, 0.15) is 12.7 Å². The molecule has 1 aromatic rings. The van der Waals surface area contributed by atoms with Crippen LogP contribution >= 0.6 is 0 Å². The van der Waals surface area contributed by atoms with Gasteiger partial charge >= 0.3 is 0 Å². The Kier molecular flexibility index (Phi) is 3.19. The van der Waals surface area contributed by atoms with Crippen molar-refractivity contribution in [2.24, 2.45) is 10.7 Å². The molecule has 0 aliphatic rings. The van der Waals surface area contributed by atoms with E-state index in [1.165, 1.54) is 0 Å². The van der Waals surface area contributed by atoms with Gasteiger partial charge in [-0.3, -0.25) is 0 Å². The van der Waals surface area contributed by atoms with Gasteiger partial charge in [0.05, 0.1) is 6.26 Å². The zero-order valence-corrected chi connectivity index (χ0v) is 7.08. The van der Waals surface area contributed by atoms with Crippen molar-refractivity contribution in [1.29, 1.82) is 0 Å². The molecule has 0 radical (unpaired) electrons. The van der Waals surface area contributed by atoms with Gasteiger partial charge in [-0.25, -0.2) is 4.99 Å². The molecule has 1 aromatic heterocycles. The second-order valence-corrected chi connectivity index (χ2v) is 2.31. The molecule has 1 heterocycles. The topological polar surface area (TPSA) is 63.5 Å². The molecule has 0 aromatic carbocycles. The first-order chi connectivity index (χ1) is 5.83. The Bertz CT molecular complexity index is 241. The number of furan rings is 1. The van der Waals surface area contributed by atoms with Crippen molar-refractivity contribution in [3.8, 4) is 0 Å². The Labute approximate surface area is 71.5 Å². The monoisotopic (exact) mass is 167 g/mol. The van der Waals surface area contributed by atoms with E-state index in [0.29, 0.717) is 12.5 Å². The Morgan fingerprint density at radius 2 is 2.58 bits per heavy atom. The van der Waals surface area contributed by atoms with Crippen LogP contribution in [0.25, 0.3) is 0 Å². The average molecular weight is 167 g/mol. The van der Waals surface area contributed by atoms with Crippen LogP contribution < -0.4 is 11.1 Å². The third kappa shape index (κ3) is 2.65. The van der Waals surface area contributed by atoms with Gasteiger partial charge in [0.2, 0.25) is 0 Å². The van der Waals surface area contributed by atoms with Gasteiger partial charge in [-0.2, -0.15) is 0 Å². The van der Waals surface area contributed by atoms with E-state index in [9.17, 15) is 0 Å². The van der Waals surface area contributed by atoms with Gasteiger partial charge in [-0.05, 0) is 19.1 Å². The lowest BCUT2D eigenvalue weighted by molar-refractivity contribution is 0.512. The SMILES string of the molecule is CCNC(N)=NCc1ccco1. The molecule has 0 saturated heterocycles. The molecular weight excluding hydrogens is 154 g/mol. The molecular formula is C8H13N3O. The quantitative estimate of drug-likeness (QED) is 0.514. The zero-order valence-electron chi connectivity index (χ0n) is 7.08. The summed E-state index contributed by atoms with van der Waals surface area (Å²) >= 11 is 0. The minimum absolute atomic E-state index is 0.453. The number of hydrogen-bond acceptors (Lipinski definition) is 2. The van der Waals surface area contributed by atoms with E-state index in [2.05, 4.69) is 10.3 Å². The molecule has 66 valence electrons. The van der Waals surface area contributed by atoms with E-state index in [-0.39, 0.29) is 0 Å². The van der Waals surface area contributed by atoms with Crippen molar-refractivity contribution >= 4 is 5.96 Å². The van der Waals surface area contributed by atoms with Crippen molar-refractivity contribution in [2.75, 3.05) is 6.54 Å². The first-order valence-electron chi connectivity index (χ1n) is 3.89. The highest BCUT2D eigenvalue weighted by Gasteiger charge is 1.92. The van der Waals surface area contributed by atoms with Crippen LogP contribution in [0.3, 0.4) is 0 Å². The van der Waals surface area contributed by atoms with Crippen LogP contribution in [0.5, 0.6) is 0 Å². The van der Waals surface area contributed by atoms with Gasteiger partial charge < -0.3 is 15.5 Å². The van der Waals surface area contributed by atoms with Gasteiger partial charge in [0.1, 0.15) is 12.3 Å². The molecule has 4 heteroatoms. The highest BCUT2D eigenvalue weighted by atomic mass is 16.3. The largest absolute Gasteiger partial charge is 0.467 e. The van der Waals surface area contributed by atoms with Gasteiger partial charge in [0.15, 0.2) is 5.96 Å². The molecule has 1 rings (SSSR count). The molecule has 0 saturated carbocycles. The number of rotatable bonds is 3. The minimum atomic E-state index is 0.453. The number of guanidine groups is 1. The van der Waals surface area contributed by atoms with Crippen LogP contribution in [0, 0.1) is 0 Å². The van der Waals surface area contributed by atoms with E-state index in [0.717, 1.165) is 12.3 Å². The van der Waals surface area contributed by atoms with Gasteiger partial charge in [0.25, 0.3) is 0 Å². The Morgan fingerprint density at radius 1 is 1.75 bits per heavy atom. The lowest BCUT2D eigenvalue weighted by Crippen LogP contribution is -2.31.